The Hall–Kier alpha value is -3.30. The van der Waals surface area contributed by atoms with E-state index >= 15 is 0 Å². The van der Waals surface area contributed by atoms with Gasteiger partial charge in [-0.1, -0.05) is 47.1 Å². The summed E-state index contributed by atoms with van der Waals surface area (Å²) in [6.07, 6.45) is 1.43. The number of oxime groups is 1. The number of allylic oxidation sites excluding steroid dienone is 1. The van der Waals surface area contributed by atoms with Gasteiger partial charge in [0.05, 0.1) is 17.2 Å². The van der Waals surface area contributed by atoms with E-state index in [1.165, 1.54) is 6.21 Å². The van der Waals surface area contributed by atoms with E-state index < -0.39 is 0 Å². The Bertz CT molecular complexity index is 968. The smallest absolute Gasteiger partial charge is 0.175 e. The molecule has 3 aromatic rings. The van der Waals surface area contributed by atoms with Crippen molar-refractivity contribution in [2.45, 2.75) is 0 Å². The molecule has 0 saturated carbocycles. The number of rotatable bonds is 5. The summed E-state index contributed by atoms with van der Waals surface area (Å²) in [5.41, 5.74) is 2.17. The maximum Gasteiger partial charge on any atom is 0.175 e. The number of aliphatic hydroxyl groups excluding tert-OH is 1. The fourth-order valence-corrected chi connectivity index (χ4v) is 2.35. The van der Waals surface area contributed by atoms with Crippen LogP contribution in [-0.4, -0.2) is 27.9 Å². The summed E-state index contributed by atoms with van der Waals surface area (Å²) in [7, 11) is 0. The molecule has 0 fully saturated rings. The van der Waals surface area contributed by atoms with Gasteiger partial charge in [-0.3, -0.25) is 0 Å². The number of aliphatic hydroxyl groups is 1. The van der Waals surface area contributed by atoms with Crippen LogP contribution in [0.3, 0.4) is 0 Å². The molecule has 0 spiro atoms. The van der Waals surface area contributed by atoms with Crippen molar-refractivity contribution in [3.63, 3.8) is 0 Å². The normalized spacial score (nSPS) is 12.2. The molecule has 0 aliphatic rings. The number of nitrogens with one attached hydrogen (secondary N) is 1. The van der Waals surface area contributed by atoms with Crippen molar-refractivity contribution < 1.29 is 9.94 Å². The number of nitriles is 1. The average Bonchev–Trinajstić information content (AvgIpc) is 3.04. The van der Waals surface area contributed by atoms with Crippen LogP contribution in [0, 0.1) is 11.3 Å². The number of imidazole rings is 1. The number of para-hydroxylation sites is 2. The van der Waals surface area contributed by atoms with Crippen molar-refractivity contribution in [3.05, 3.63) is 70.7 Å². The lowest BCUT2D eigenvalue weighted by Gasteiger charge is -2.01. The molecule has 0 aliphatic carbocycles. The first-order chi connectivity index (χ1) is 12.2. The summed E-state index contributed by atoms with van der Waals surface area (Å²) in [6.45, 7) is -0.263. The summed E-state index contributed by atoms with van der Waals surface area (Å²) in [5.74, 6) is 0.0118. The van der Waals surface area contributed by atoms with Crippen LogP contribution >= 0.6 is 11.6 Å². The van der Waals surface area contributed by atoms with Crippen LogP contribution < -0.4 is 0 Å². The molecule has 124 valence electrons. The van der Waals surface area contributed by atoms with Crippen LogP contribution in [0.25, 0.3) is 16.6 Å². The van der Waals surface area contributed by atoms with E-state index in [0.29, 0.717) is 16.1 Å². The molecule has 0 aliphatic heterocycles. The lowest BCUT2D eigenvalue weighted by molar-refractivity contribution is 0.139. The highest BCUT2D eigenvalue weighted by Crippen LogP contribution is 2.19. The lowest BCUT2D eigenvalue weighted by atomic mass is 10.2. The van der Waals surface area contributed by atoms with Gasteiger partial charge in [-0.25, -0.2) is 4.98 Å². The van der Waals surface area contributed by atoms with Gasteiger partial charge in [0, 0.05) is 10.6 Å². The molecule has 0 bridgehead atoms. The fourth-order valence-electron chi connectivity index (χ4n) is 2.17. The van der Waals surface area contributed by atoms with Crippen LogP contribution in [0.1, 0.15) is 11.4 Å². The van der Waals surface area contributed by atoms with Crippen LogP contribution in [0.5, 0.6) is 0 Å². The third-order valence-corrected chi connectivity index (χ3v) is 3.74. The van der Waals surface area contributed by atoms with Gasteiger partial charge in [-0.15, -0.1) is 0 Å². The highest BCUT2D eigenvalue weighted by Gasteiger charge is 2.13. The molecule has 0 atom stereocenters. The second-order valence-corrected chi connectivity index (χ2v) is 5.47. The Morgan fingerprint density at radius 3 is 2.80 bits per heavy atom. The summed E-state index contributed by atoms with van der Waals surface area (Å²) in [6, 6.07) is 16.4. The molecular formula is C18H13ClN4O2. The first-order valence-corrected chi connectivity index (χ1v) is 7.74. The second kappa shape index (κ2) is 7.51. The zero-order chi connectivity index (χ0) is 17.6. The van der Waals surface area contributed by atoms with Crippen LogP contribution in [0.2, 0.25) is 5.02 Å². The van der Waals surface area contributed by atoms with Crippen molar-refractivity contribution in [1.82, 2.24) is 9.97 Å². The van der Waals surface area contributed by atoms with Gasteiger partial charge in [-0.05, 0) is 18.2 Å². The zero-order valence-corrected chi connectivity index (χ0v) is 13.7. The number of aromatic amines is 1. The van der Waals surface area contributed by atoms with E-state index in [4.69, 9.17) is 16.4 Å². The summed E-state index contributed by atoms with van der Waals surface area (Å²) in [5, 5.41) is 23.7. The zero-order valence-electron chi connectivity index (χ0n) is 13.0. The van der Waals surface area contributed by atoms with E-state index in [2.05, 4.69) is 15.1 Å². The molecule has 25 heavy (non-hydrogen) atoms. The molecule has 0 unspecified atom stereocenters. The number of H-pyrrole nitrogens is 1. The van der Waals surface area contributed by atoms with Gasteiger partial charge in [0.15, 0.2) is 18.2 Å². The third-order valence-electron chi connectivity index (χ3n) is 3.40. The average molecular weight is 353 g/mol. The van der Waals surface area contributed by atoms with E-state index in [-0.39, 0.29) is 23.8 Å². The van der Waals surface area contributed by atoms with Gasteiger partial charge >= 0.3 is 0 Å². The number of halogens is 1. The molecular weight excluding hydrogens is 340 g/mol. The first kappa shape index (κ1) is 16.6. The predicted molar refractivity (Wildman–Crippen MR) is 96.3 cm³/mol. The second-order valence-electron chi connectivity index (χ2n) is 5.07. The van der Waals surface area contributed by atoms with Crippen molar-refractivity contribution in [1.29, 1.82) is 5.26 Å². The Kier molecular flexibility index (Phi) is 4.97. The minimum Gasteiger partial charge on any atom is -0.507 e. The third kappa shape index (κ3) is 3.79. The molecule has 0 radical (unpaired) electrons. The Balaban J connectivity index is 1.74. The number of benzene rings is 2. The van der Waals surface area contributed by atoms with E-state index in [0.717, 1.165) is 5.52 Å². The topological polar surface area (TPSA) is 94.3 Å². The summed E-state index contributed by atoms with van der Waals surface area (Å²) >= 11 is 6.00. The minimum atomic E-state index is -0.266. The Morgan fingerprint density at radius 1 is 1.28 bits per heavy atom. The molecule has 3 rings (SSSR count). The summed E-state index contributed by atoms with van der Waals surface area (Å²) in [4.78, 5) is 12.3. The molecule has 2 aromatic carbocycles. The molecule has 1 aromatic heterocycles. The SMILES string of the molecule is N#C/C(=C(\O)CO/N=C/c1ccccc1Cl)c1nc2ccccc2[nH]1. The van der Waals surface area contributed by atoms with Crippen molar-refractivity contribution in [3.8, 4) is 6.07 Å². The molecule has 7 heteroatoms. The van der Waals surface area contributed by atoms with Gasteiger partial charge in [0.25, 0.3) is 0 Å². The van der Waals surface area contributed by atoms with Crippen LogP contribution in [-0.2, 0) is 4.84 Å². The van der Waals surface area contributed by atoms with Gasteiger partial charge in [0.1, 0.15) is 11.6 Å². The Morgan fingerprint density at radius 2 is 2.04 bits per heavy atom. The molecule has 2 N–H and O–H groups in total. The minimum absolute atomic E-state index is 0.00384. The fraction of sp³-hybridized carbons (Fsp3) is 0.0556. The molecule has 6 nitrogen and oxygen atoms in total. The first-order valence-electron chi connectivity index (χ1n) is 7.36. The van der Waals surface area contributed by atoms with Gasteiger partial charge in [0.2, 0.25) is 0 Å². The largest absolute Gasteiger partial charge is 0.507 e. The van der Waals surface area contributed by atoms with Gasteiger partial charge < -0.3 is 14.9 Å². The van der Waals surface area contributed by atoms with E-state index in [1.807, 2.05) is 42.5 Å². The van der Waals surface area contributed by atoms with E-state index in [1.54, 1.807) is 12.1 Å². The molecule has 0 amide bonds. The quantitative estimate of drug-likeness (QED) is 0.313. The molecule has 0 saturated heterocycles. The number of nitrogens with zero attached hydrogens (tertiary/aromatic N) is 3. The maximum absolute atomic E-state index is 10.1. The molecule has 1 heterocycles. The number of hydrogen-bond acceptors (Lipinski definition) is 5. The highest BCUT2D eigenvalue weighted by atomic mass is 35.5. The van der Waals surface area contributed by atoms with Crippen molar-refractivity contribution in [2.24, 2.45) is 5.16 Å². The van der Waals surface area contributed by atoms with Crippen molar-refractivity contribution >= 4 is 34.4 Å². The summed E-state index contributed by atoms with van der Waals surface area (Å²) < 4.78 is 0. The standard InChI is InChI=1S/C18H13ClN4O2/c19-14-6-2-1-5-12(14)10-21-25-11-17(24)13(9-20)18-22-15-7-3-4-8-16(15)23-18/h1-8,10,24H,11H2,(H,22,23)/b17-13+,21-10+. The number of aromatic nitrogens is 2. The van der Waals surface area contributed by atoms with Crippen LogP contribution in [0.15, 0.2) is 59.4 Å². The predicted octanol–water partition coefficient (Wildman–Crippen LogP) is 4.06. The van der Waals surface area contributed by atoms with Gasteiger partial charge in [-0.2, -0.15) is 5.26 Å². The number of hydrogen-bond donors (Lipinski definition) is 2. The number of fused-ring (bicyclic) bond motifs is 1. The highest BCUT2D eigenvalue weighted by molar-refractivity contribution is 6.33. The maximum atomic E-state index is 10.1. The van der Waals surface area contributed by atoms with Crippen molar-refractivity contribution in [2.75, 3.05) is 6.61 Å². The van der Waals surface area contributed by atoms with E-state index in [9.17, 15) is 10.4 Å². The monoisotopic (exact) mass is 352 g/mol. The lowest BCUT2D eigenvalue weighted by Crippen LogP contribution is -1.99. The van der Waals surface area contributed by atoms with Crippen LogP contribution in [0.4, 0.5) is 0 Å². The Labute approximate surface area is 148 Å².